The normalized spacial score (nSPS) is 23.3. The van der Waals surface area contributed by atoms with Gasteiger partial charge in [0.2, 0.25) is 5.91 Å². The van der Waals surface area contributed by atoms with E-state index in [-0.39, 0.29) is 0 Å². The fraction of sp³-hybridized carbons (Fsp3) is 0.900. The predicted octanol–water partition coefficient (Wildman–Crippen LogP) is 2.52. The molecular weight excluding hydrogens is 262 g/mol. The van der Waals surface area contributed by atoms with Crippen molar-refractivity contribution in [3.63, 3.8) is 0 Å². The number of hydrogen-bond acceptors (Lipinski definition) is 2. The summed E-state index contributed by atoms with van der Waals surface area (Å²) in [7, 11) is 0. The van der Waals surface area contributed by atoms with Crippen LogP contribution in [0.2, 0.25) is 0 Å². The smallest absolute Gasteiger partial charge is 0.232 e. The van der Waals surface area contributed by atoms with Crippen LogP contribution in [0.1, 0.15) is 25.7 Å². The Bertz CT molecular complexity index is 189. The molecule has 4 heteroatoms. The number of carbonyl (C=O) groups is 1. The van der Waals surface area contributed by atoms with Gasteiger partial charge in [0.15, 0.2) is 0 Å². The first kappa shape index (κ1) is 12.4. The quantitative estimate of drug-likeness (QED) is 0.740. The zero-order chi connectivity index (χ0) is 10.4. The molecule has 0 spiro atoms. The molecule has 0 bridgehead atoms. The van der Waals surface area contributed by atoms with Crippen LogP contribution in [0.25, 0.3) is 0 Å². The van der Waals surface area contributed by atoms with E-state index in [0.717, 1.165) is 18.3 Å². The lowest BCUT2D eigenvalue weighted by Gasteiger charge is -2.28. The molecule has 1 heterocycles. The summed E-state index contributed by atoms with van der Waals surface area (Å²) in [5.74, 6) is 0.938. The summed E-state index contributed by atoms with van der Waals surface area (Å²) in [4.78, 5) is 13.9. The van der Waals surface area contributed by atoms with Gasteiger partial charge in [-0.1, -0.05) is 28.8 Å². The molecule has 0 aromatic carbocycles. The second kappa shape index (κ2) is 6.72. The maximum absolute atomic E-state index is 11.8. The van der Waals surface area contributed by atoms with Crippen LogP contribution in [-0.4, -0.2) is 40.7 Å². The summed E-state index contributed by atoms with van der Waals surface area (Å²) in [6.07, 6.45) is 6.85. The Hall–Kier alpha value is 0.300. The molecule has 1 atom stereocenters. The molecule has 0 aromatic heterocycles. The lowest BCUT2D eigenvalue weighted by Crippen LogP contribution is -2.41. The number of nitrogens with zero attached hydrogens (tertiary/aromatic N) is 1. The number of carbonyl (C=O) groups excluding carboxylic acids is 1. The van der Waals surface area contributed by atoms with E-state index < -0.39 is 0 Å². The summed E-state index contributed by atoms with van der Waals surface area (Å²) >= 11 is 5.12. The zero-order valence-corrected chi connectivity index (χ0v) is 11.1. The minimum Gasteiger partial charge on any atom is -0.338 e. The molecule has 1 amide bonds. The van der Waals surface area contributed by atoms with Crippen LogP contribution in [0, 0.1) is 0 Å². The van der Waals surface area contributed by atoms with E-state index in [2.05, 4.69) is 20.8 Å². The Morgan fingerprint density at radius 3 is 2.93 bits per heavy atom. The fourth-order valence-corrected chi connectivity index (χ4v) is 2.96. The Morgan fingerprint density at radius 2 is 2.29 bits per heavy atom. The average Bonchev–Trinajstić information content (AvgIpc) is 2.42. The highest BCUT2D eigenvalue weighted by atomic mass is 79.9. The molecule has 82 valence electrons. The minimum atomic E-state index is 0.309. The maximum Gasteiger partial charge on any atom is 0.232 e. The molecule has 14 heavy (non-hydrogen) atoms. The van der Waals surface area contributed by atoms with E-state index in [4.69, 9.17) is 0 Å². The van der Waals surface area contributed by atoms with Crippen LogP contribution in [-0.2, 0) is 4.79 Å². The molecule has 0 N–H and O–H groups in total. The maximum atomic E-state index is 11.8. The molecular formula is C10H18BrNOS. The molecule has 1 aliphatic heterocycles. The number of likely N-dealkylation sites (tertiary alicyclic amines) is 1. The van der Waals surface area contributed by atoms with Crippen molar-refractivity contribution in [2.45, 2.75) is 31.7 Å². The Kier molecular flexibility index (Phi) is 5.94. The molecule has 1 rings (SSSR count). The van der Waals surface area contributed by atoms with Crippen molar-refractivity contribution < 1.29 is 4.79 Å². The second-order valence-corrected chi connectivity index (χ2v) is 5.19. The van der Waals surface area contributed by atoms with Crippen molar-refractivity contribution in [3.05, 3.63) is 0 Å². The van der Waals surface area contributed by atoms with Gasteiger partial charge in [-0.3, -0.25) is 4.79 Å². The van der Waals surface area contributed by atoms with Gasteiger partial charge in [0.05, 0.1) is 5.75 Å². The van der Waals surface area contributed by atoms with Gasteiger partial charge in [-0.25, -0.2) is 0 Å². The van der Waals surface area contributed by atoms with Gasteiger partial charge in [-0.2, -0.15) is 11.8 Å². The highest BCUT2D eigenvalue weighted by Gasteiger charge is 2.23. The summed E-state index contributed by atoms with van der Waals surface area (Å²) in [5.41, 5.74) is 0. The van der Waals surface area contributed by atoms with Crippen molar-refractivity contribution in [3.8, 4) is 0 Å². The van der Waals surface area contributed by atoms with Gasteiger partial charge in [-0.15, -0.1) is 0 Å². The largest absolute Gasteiger partial charge is 0.338 e. The number of rotatable bonds is 3. The Morgan fingerprint density at radius 1 is 1.50 bits per heavy atom. The third kappa shape index (κ3) is 3.46. The van der Waals surface area contributed by atoms with Gasteiger partial charge in [0, 0.05) is 17.9 Å². The average molecular weight is 280 g/mol. The molecule has 1 unspecified atom stereocenters. The lowest BCUT2D eigenvalue weighted by atomic mass is 10.1. The first-order valence-electron chi connectivity index (χ1n) is 5.14. The number of hydrogen-bond donors (Lipinski definition) is 0. The highest BCUT2D eigenvalue weighted by Crippen LogP contribution is 2.19. The SMILES string of the molecule is CSCC(=O)N1CCCCCC1CBr. The second-order valence-electron chi connectivity index (χ2n) is 3.68. The Labute approximate surface area is 98.9 Å². The van der Waals surface area contributed by atoms with E-state index in [1.54, 1.807) is 11.8 Å². The van der Waals surface area contributed by atoms with E-state index in [1.165, 1.54) is 19.3 Å². The van der Waals surface area contributed by atoms with Crippen LogP contribution in [0.5, 0.6) is 0 Å². The van der Waals surface area contributed by atoms with Crippen molar-refractivity contribution in [1.29, 1.82) is 0 Å². The molecule has 1 saturated heterocycles. The summed E-state index contributed by atoms with van der Waals surface area (Å²) < 4.78 is 0. The molecule has 0 saturated carbocycles. The molecule has 1 aliphatic rings. The third-order valence-corrected chi connectivity index (χ3v) is 3.93. The van der Waals surface area contributed by atoms with Gasteiger partial charge in [0.25, 0.3) is 0 Å². The van der Waals surface area contributed by atoms with Gasteiger partial charge < -0.3 is 4.90 Å². The van der Waals surface area contributed by atoms with Crippen molar-refractivity contribution >= 4 is 33.6 Å². The van der Waals surface area contributed by atoms with Gasteiger partial charge in [-0.05, 0) is 19.1 Å². The fourth-order valence-electron chi connectivity index (χ4n) is 1.87. The van der Waals surface area contributed by atoms with E-state index in [1.807, 2.05) is 6.26 Å². The van der Waals surface area contributed by atoms with Crippen molar-refractivity contribution in [2.24, 2.45) is 0 Å². The standard InChI is InChI=1S/C10H18BrNOS/c1-14-8-10(13)12-6-4-2-3-5-9(12)7-11/h9H,2-8H2,1H3. The van der Waals surface area contributed by atoms with Crippen molar-refractivity contribution in [1.82, 2.24) is 4.90 Å². The minimum absolute atomic E-state index is 0.309. The summed E-state index contributed by atoms with van der Waals surface area (Å²) in [6.45, 7) is 0.954. The number of halogens is 1. The topological polar surface area (TPSA) is 20.3 Å². The van der Waals surface area contributed by atoms with Crippen LogP contribution in [0.3, 0.4) is 0 Å². The van der Waals surface area contributed by atoms with Crippen LogP contribution in [0.15, 0.2) is 0 Å². The highest BCUT2D eigenvalue weighted by molar-refractivity contribution is 9.09. The van der Waals surface area contributed by atoms with E-state index >= 15 is 0 Å². The van der Waals surface area contributed by atoms with Crippen LogP contribution in [0.4, 0.5) is 0 Å². The predicted molar refractivity (Wildman–Crippen MR) is 66.1 cm³/mol. The zero-order valence-electron chi connectivity index (χ0n) is 8.67. The van der Waals surface area contributed by atoms with Crippen LogP contribution >= 0.6 is 27.7 Å². The molecule has 1 fully saturated rings. The lowest BCUT2D eigenvalue weighted by molar-refractivity contribution is -0.130. The number of amides is 1. The van der Waals surface area contributed by atoms with Crippen molar-refractivity contribution in [2.75, 3.05) is 23.9 Å². The third-order valence-electron chi connectivity index (χ3n) is 2.64. The van der Waals surface area contributed by atoms with Crippen LogP contribution < -0.4 is 0 Å². The van der Waals surface area contributed by atoms with Gasteiger partial charge in [0.1, 0.15) is 0 Å². The molecule has 0 aromatic rings. The molecule has 2 nitrogen and oxygen atoms in total. The first-order valence-corrected chi connectivity index (χ1v) is 7.65. The summed E-state index contributed by atoms with van der Waals surface area (Å²) in [6, 6.07) is 0.428. The molecule has 0 aliphatic carbocycles. The summed E-state index contributed by atoms with van der Waals surface area (Å²) in [5, 5.41) is 0.924. The number of alkyl halides is 1. The van der Waals surface area contributed by atoms with E-state index in [0.29, 0.717) is 17.7 Å². The number of thioether (sulfide) groups is 1. The monoisotopic (exact) mass is 279 g/mol. The van der Waals surface area contributed by atoms with Gasteiger partial charge >= 0.3 is 0 Å². The Balaban J connectivity index is 2.55. The van der Waals surface area contributed by atoms with E-state index in [9.17, 15) is 4.79 Å². The first-order chi connectivity index (χ1) is 6.79. The molecule has 0 radical (unpaired) electrons.